The molecule has 0 amide bonds. The summed E-state index contributed by atoms with van der Waals surface area (Å²) in [6.45, 7) is 4.04. The van der Waals surface area contributed by atoms with E-state index < -0.39 is 0 Å². The average Bonchev–Trinajstić information content (AvgIpc) is 2.81. The summed E-state index contributed by atoms with van der Waals surface area (Å²) < 4.78 is 6.99. The first-order valence-electron chi connectivity index (χ1n) is 6.21. The molecular weight excluding hydrogens is 258 g/mol. The van der Waals surface area contributed by atoms with E-state index in [1.54, 1.807) is 17.5 Å². The summed E-state index contributed by atoms with van der Waals surface area (Å²) in [7, 11) is 1.88. The van der Waals surface area contributed by atoms with E-state index in [1.165, 1.54) is 0 Å². The standard InChI is InChI=1S/C14H15N3OS/c1-8(2)18-10-7-11-13(17-14(15-3)19-11)9-5-4-6-16-12(9)10/h4-8H,1-3H3,(H,15,17). The van der Waals surface area contributed by atoms with Crippen molar-refractivity contribution in [2.24, 2.45) is 0 Å². The molecule has 0 aliphatic carbocycles. The Balaban J connectivity index is 2.34. The third kappa shape index (κ3) is 2.10. The van der Waals surface area contributed by atoms with Gasteiger partial charge in [0.05, 0.1) is 16.3 Å². The molecule has 1 N–H and O–H groups in total. The molecule has 5 heteroatoms. The number of fused-ring (bicyclic) bond motifs is 3. The topological polar surface area (TPSA) is 47.0 Å². The van der Waals surface area contributed by atoms with Gasteiger partial charge in [0, 0.05) is 24.7 Å². The van der Waals surface area contributed by atoms with Crippen LogP contribution in [0.1, 0.15) is 13.8 Å². The molecule has 19 heavy (non-hydrogen) atoms. The third-order valence-corrected chi connectivity index (χ3v) is 3.81. The minimum absolute atomic E-state index is 0.124. The Kier molecular flexibility index (Phi) is 2.98. The number of thiazole rings is 1. The molecule has 0 bridgehead atoms. The van der Waals surface area contributed by atoms with Crippen LogP contribution in [-0.4, -0.2) is 23.1 Å². The van der Waals surface area contributed by atoms with Crippen molar-refractivity contribution in [2.75, 3.05) is 12.4 Å². The molecule has 3 rings (SSSR count). The molecule has 0 aliphatic rings. The smallest absolute Gasteiger partial charge is 0.183 e. The quantitative estimate of drug-likeness (QED) is 0.791. The lowest BCUT2D eigenvalue weighted by molar-refractivity contribution is 0.245. The Hall–Kier alpha value is -1.88. The lowest BCUT2D eigenvalue weighted by Crippen LogP contribution is -2.06. The van der Waals surface area contributed by atoms with Crippen molar-refractivity contribution in [3.8, 4) is 5.75 Å². The second-order valence-corrected chi connectivity index (χ2v) is 5.59. The van der Waals surface area contributed by atoms with Crippen LogP contribution in [0.4, 0.5) is 5.13 Å². The number of pyridine rings is 1. The Morgan fingerprint density at radius 3 is 2.89 bits per heavy atom. The highest BCUT2D eigenvalue weighted by Gasteiger charge is 2.13. The summed E-state index contributed by atoms with van der Waals surface area (Å²) in [6.07, 6.45) is 1.91. The van der Waals surface area contributed by atoms with Crippen LogP contribution in [0.15, 0.2) is 24.4 Å². The van der Waals surface area contributed by atoms with Crippen LogP contribution in [0.5, 0.6) is 5.75 Å². The summed E-state index contributed by atoms with van der Waals surface area (Å²) in [5.74, 6) is 0.824. The first-order chi connectivity index (χ1) is 9.19. The molecular formula is C14H15N3OS. The maximum atomic E-state index is 5.87. The van der Waals surface area contributed by atoms with E-state index >= 15 is 0 Å². The molecule has 2 aromatic heterocycles. The third-order valence-electron chi connectivity index (χ3n) is 2.79. The van der Waals surface area contributed by atoms with Gasteiger partial charge in [0.2, 0.25) is 0 Å². The molecule has 0 unspecified atom stereocenters. The van der Waals surface area contributed by atoms with Crippen LogP contribution in [0.2, 0.25) is 0 Å². The highest BCUT2D eigenvalue weighted by molar-refractivity contribution is 7.22. The number of hydrogen-bond acceptors (Lipinski definition) is 5. The summed E-state index contributed by atoms with van der Waals surface area (Å²) in [6, 6.07) is 6.00. The first-order valence-corrected chi connectivity index (χ1v) is 7.03. The first kappa shape index (κ1) is 12.2. The molecule has 0 radical (unpaired) electrons. The van der Waals surface area contributed by atoms with Gasteiger partial charge in [0.1, 0.15) is 11.3 Å². The fraction of sp³-hybridized carbons (Fsp3) is 0.286. The molecule has 0 aliphatic heterocycles. The van der Waals surface area contributed by atoms with E-state index in [2.05, 4.69) is 15.3 Å². The van der Waals surface area contributed by atoms with Crippen molar-refractivity contribution >= 4 is 37.6 Å². The van der Waals surface area contributed by atoms with E-state index in [0.29, 0.717) is 0 Å². The lowest BCUT2D eigenvalue weighted by atomic mass is 10.2. The molecule has 3 aromatic rings. The summed E-state index contributed by atoms with van der Waals surface area (Å²) in [5.41, 5.74) is 1.85. The predicted octanol–water partition coefficient (Wildman–Crippen LogP) is 3.67. The van der Waals surface area contributed by atoms with Crippen molar-refractivity contribution in [1.82, 2.24) is 9.97 Å². The van der Waals surface area contributed by atoms with Crippen molar-refractivity contribution in [2.45, 2.75) is 20.0 Å². The second-order valence-electron chi connectivity index (χ2n) is 4.56. The molecule has 1 aromatic carbocycles. The maximum Gasteiger partial charge on any atom is 0.183 e. The number of hydrogen-bond donors (Lipinski definition) is 1. The fourth-order valence-corrected chi connectivity index (χ4v) is 2.92. The van der Waals surface area contributed by atoms with Gasteiger partial charge in [-0.2, -0.15) is 0 Å². The van der Waals surface area contributed by atoms with Crippen LogP contribution in [-0.2, 0) is 0 Å². The number of benzene rings is 1. The van der Waals surface area contributed by atoms with E-state index in [9.17, 15) is 0 Å². The number of ether oxygens (including phenoxy) is 1. The predicted molar refractivity (Wildman–Crippen MR) is 80.2 cm³/mol. The van der Waals surface area contributed by atoms with E-state index in [1.807, 2.05) is 39.1 Å². The summed E-state index contributed by atoms with van der Waals surface area (Å²) in [5, 5.41) is 5.03. The van der Waals surface area contributed by atoms with Crippen LogP contribution in [0.25, 0.3) is 21.1 Å². The van der Waals surface area contributed by atoms with Gasteiger partial charge in [-0.3, -0.25) is 4.98 Å². The normalized spacial score (nSPS) is 11.4. The molecule has 0 atom stereocenters. The largest absolute Gasteiger partial charge is 0.489 e. The fourth-order valence-electron chi connectivity index (χ4n) is 2.05. The van der Waals surface area contributed by atoms with Crippen molar-refractivity contribution in [1.29, 1.82) is 0 Å². The van der Waals surface area contributed by atoms with E-state index in [0.717, 1.165) is 32.0 Å². The van der Waals surface area contributed by atoms with Gasteiger partial charge < -0.3 is 10.1 Å². The molecule has 98 valence electrons. The zero-order chi connectivity index (χ0) is 13.4. The lowest BCUT2D eigenvalue weighted by Gasteiger charge is -2.11. The van der Waals surface area contributed by atoms with E-state index in [4.69, 9.17) is 4.74 Å². The Labute approximate surface area is 115 Å². The minimum Gasteiger partial charge on any atom is -0.489 e. The number of anilines is 1. The SMILES string of the molecule is CNc1nc2c(cc(OC(C)C)c3ncccc32)s1. The zero-order valence-corrected chi connectivity index (χ0v) is 11.9. The van der Waals surface area contributed by atoms with Crippen LogP contribution < -0.4 is 10.1 Å². The highest BCUT2D eigenvalue weighted by Crippen LogP contribution is 2.36. The Morgan fingerprint density at radius 2 is 2.16 bits per heavy atom. The molecule has 4 nitrogen and oxygen atoms in total. The number of aromatic nitrogens is 2. The van der Waals surface area contributed by atoms with Crippen LogP contribution in [0.3, 0.4) is 0 Å². The molecule has 0 saturated carbocycles. The number of nitrogens with one attached hydrogen (secondary N) is 1. The van der Waals surface area contributed by atoms with Crippen LogP contribution >= 0.6 is 11.3 Å². The summed E-state index contributed by atoms with van der Waals surface area (Å²) >= 11 is 1.62. The molecule has 0 spiro atoms. The van der Waals surface area contributed by atoms with Gasteiger partial charge in [-0.1, -0.05) is 11.3 Å². The van der Waals surface area contributed by atoms with Gasteiger partial charge in [-0.05, 0) is 26.0 Å². The van der Waals surface area contributed by atoms with Gasteiger partial charge >= 0.3 is 0 Å². The number of rotatable bonds is 3. The van der Waals surface area contributed by atoms with Gasteiger partial charge in [0.15, 0.2) is 5.13 Å². The van der Waals surface area contributed by atoms with Gasteiger partial charge in [-0.25, -0.2) is 4.98 Å². The van der Waals surface area contributed by atoms with E-state index in [-0.39, 0.29) is 6.10 Å². The minimum atomic E-state index is 0.124. The molecule has 0 saturated heterocycles. The zero-order valence-electron chi connectivity index (χ0n) is 11.1. The Morgan fingerprint density at radius 1 is 1.32 bits per heavy atom. The van der Waals surface area contributed by atoms with Crippen molar-refractivity contribution in [3.63, 3.8) is 0 Å². The summed E-state index contributed by atoms with van der Waals surface area (Å²) in [4.78, 5) is 9.03. The monoisotopic (exact) mass is 273 g/mol. The second kappa shape index (κ2) is 4.66. The average molecular weight is 273 g/mol. The highest BCUT2D eigenvalue weighted by atomic mass is 32.1. The Bertz CT molecular complexity index is 736. The van der Waals surface area contributed by atoms with Crippen LogP contribution in [0, 0.1) is 0 Å². The van der Waals surface area contributed by atoms with Crippen molar-refractivity contribution < 1.29 is 4.74 Å². The number of nitrogens with zero attached hydrogens (tertiary/aromatic N) is 2. The molecule has 2 heterocycles. The maximum absolute atomic E-state index is 5.87. The molecule has 0 fully saturated rings. The van der Waals surface area contributed by atoms with Gasteiger partial charge in [0.25, 0.3) is 0 Å². The van der Waals surface area contributed by atoms with Crippen molar-refractivity contribution in [3.05, 3.63) is 24.4 Å². The van der Waals surface area contributed by atoms with Gasteiger partial charge in [-0.15, -0.1) is 0 Å².